The van der Waals surface area contributed by atoms with Crippen LogP contribution >= 0.6 is 0 Å². The van der Waals surface area contributed by atoms with Crippen LogP contribution in [0, 0.1) is 0 Å². The normalized spacial score (nSPS) is 25.1. The fourth-order valence-corrected chi connectivity index (χ4v) is 3.44. The van der Waals surface area contributed by atoms with Crippen molar-refractivity contribution in [2.75, 3.05) is 33.7 Å². The quantitative estimate of drug-likeness (QED) is 0.896. The zero-order chi connectivity index (χ0) is 14.2. The Balaban J connectivity index is 1.82. The Kier molecular flexibility index (Phi) is 3.42. The van der Waals surface area contributed by atoms with Crippen molar-refractivity contribution < 1.29 is 0 Å². The van der Waals surface area contributed by atoms with E-state index in [0.717, 1.165) is 44.9 Å². The third kappa shape index (κ3) is 2.29. The van der Waals surface area contributed by atoms with E-state index in [1.807, 2.05) is 0 Å². The Morgan fingerprint density at radius 3 is 2.80 bits per heavy atom. The highest BCUT2D eigenvalue weighted by molar-refractivity contribution is 5.81. The lowest BCUT2D eigenvalue weighted by Crippen LogP contribution is -2.56. The van der Waals surface area contributed by atoms with Crippen LogP contribution in [0.3, 0.4) is 0 Å². The van der Waals surface area contributed by atoms with Gasteiger partial charge in [0.15, 0.2) is 5.96 Å². The minimum atomic E-state index is 0.119. The van der Waals surface area contributed by atoms with Crippen molar-refractivity contribution in [2.45, 2.75) is 24.8 Å². The van der Waals surface area contributed by atoms with E-state index in [1.165, 1.54) is 11.1 Å². The Labute approximate surface area is 121 Å². The van der Waals surface area contributed by atoms with Crippen LogP contribution in [0.25, 0.3) is 0 Å². The number of nitrogens with two attached hydrogens (primary N) is 1. The first-order valence-corrected chi connectivity index (χ1v) is 7.40. The van der Waals surface area contributed by atoms with Gasteiger partial charge in [-0.3, -0.25) is 4.99 Å². The number of guanidine groups is 1. The first-order chi connectivity index (χ1) is 9.61. The van der Waals surface area contributed by atoms with Crippen LogP contribution in [0.4, 0.5) is 0 Å². The van der Waals surface area contributed by atoms with Gasteiger partial charge in [0.05, 0.1) is 12.1 Å². The maximum atomic E-state index is 6.15. The number of nitrogens with zero attached hydrogens (tertiary/aromatic N) is 3. The molecule has 1 aliphatic carbocycles. The van der Waals surface area contributed by atoms with Crippen molar-refractivity contribution in [3.63, 3.8) is 0 Å². The van der Waals surface area contributed by atoms with Gasteiger partial charge in [0, 0.05) is 13.1 Å². The minimum absolute atomic E-state index is 0.119. The summed E-state index contributed by atoms with van der Waals surface area (Å²) < 4.78 is 0. The number of benzene rings is 1. The van der Waals surface area contributed by atoms with E-state index in [4.69, 9.17) is 5.73 Å². The molecule has 3 rings (SSSR count). The van der Waals surface area contributed by atoms with E-state index >= 15 is 0 Å². The van der Waals surface area contributed by atoms with Crippen LogP contribution in [0.2, 0.25) is 0 Å². The molecule has 1 aromatic carbocycles. The molecule has 0 saturated carbocycles. The van der Waals surface area contributed by atoms with Gasteiger partial charge in [0.25, 0.3) is 0 Å². The molecule has 2 aliphatic rings. The molecule has 0 bridgehead atoms. The molecule has 0 saturated heterocycles. The van der Waals surface area contributed by atoms with Crippen molar-refractivity contribution in [2.24, 2.45) is 10.7 Å². The molecule has 0 radical (unpaired) electrons. The molecule has 108 valence electrons. The van der Waals surface area contributed by atoms with Gasteiger partial charge in [-0.05, 0) is 44.5 Å². The van der Waals surface area contributed by atoms with E-state index in [1.54, 1.807) is 0 Å². The molecule has 1 aliphatic heterocycles. The summed E-state index contributed by atoms with van der Waals surface area (Å²) in [7, 11) is 4.21. The van der Waals surface area contributed by atoms with Gasteiger partial charge in [0.2, 0.25) is 0 Å². The lowest BCUT2D eigenvalue weighted by atomic mass is 9.77. The molecule has 1 atom stereocenters. The molecule has 4 nitrogen and oxygen atoms in total. The number of likely N-dealkylation sites (N-methyl/N-ethyl adjacent to an activating group) is 1. The van der Waals surface area contributed by atoms with Crippen molar-refractivity contribution in [3.05, 3.63) is 35.4 Å². The van der Waals surface area contributed by atoms with E-state index in [0.29, 0.717) is 0 Å². The third-order valence-corrected chi connectivity index (χ3v) is 4.65. The Morgan fingerprint density at radius 1 is 1.30 bits per heavy atom. The number of rotatable bonds is 3. The molecule has 4 heteroatoms. The molecule has 2 N–H and O–H groups in total. The number of hydrogen-bond acceptors (Lipinski definition) is 4. The molecular formula is C16H24N4. The summed E-state index contributed by atoms with van der Waals surface area (Å²) in [6.07, 6.45) is 3.36. The van der Waals surface area contributed by atoms with Crippen molar-refractivity contribution in [1.82, 2.24) is 9.80 Å². The molecule has 0 fully saturated rings. The van der Waals surface area contributed by atoms with Crippen LogP contribution in [0.5, 0.6) is 0 Å². The predicted octanol–water partition coefficient (Wildman–Crippen LogP) is 1.11. The lowest BCUT2D eigenvalue weighted by Gasteiger charge is -2.43. The first kappa shape index (κ1) is 13.4. The van der Waals surface area contributed by atoms with Gasteiger partial charge in [0.1, 0.15) is 0 Å². The van der Waals surface area contributed by atoms with E-state index < -0.39 is 0 Å². The van der Waals surface area contributed by atoms with E-state index in [-0.39, 0.29) is 5.54 Å². The van der Waals surface area contributed by atoms with Gasteiger partial charge < -0.3 is 15.5 Å². The maximum absolute atomic E-state index is 6.15. The predicted molar refractivity (Wildman–Crippen MR) is 82.9 cm³/mol. The van der Waals surface area contributed by atoms with Crippen LogP contribution in [0.15, 0.2) is 29.3 Å². The topological polar surface area (TPSA) is 44.9 Å². The Morgan fingerprint density at radius 2 is 2.05 bits per heavy atom. The van der Waals surface area contributed by atoms with Crippen molar-refractivity contribution in [1.29, 1.82) is 0 Å². The fourth-order valence-electron chi connectivity index (χ4n) is 3.44. The molecule has 0 amide bonds. The monoisotopic (exact) mass is 272 g/mol. The van der Waals surface area contributed by atoms with Gasteiger partial charge in [-0.25, -0.2) is 0 Å². The first-order valence-electron chi connectivity index (χ1n) is 7.40. The van der Waals surface area contributed by atoms with Crippen LogP contribution in [0.1, 0.15) is 17.5 Å². The highest BCUT2D eigenvalue weighted by Gasteiger charge is 2.43. The largest absolute Gasteiger partial charge is 0.370 e. The number of aryl methyl sites for hydroxylation is 1. The zero-order valence-corrected chi connectivity index (χ0v) is 12.5. The molecule has 1 spiro atoms. The second-order valence-electron chi connectivity index (χ2n) is 6.30. The Hall–Kier alpha value is -1.55. The second-order valence-corrected chi connectivity index (χ2v) is 6.30. The number of hydrogen-bond donors (Lipinski definition) is 1. The van der Waals surface area contributed by atoms with Gasteiger partial charge >= 0.3 is 0 Å². The summed E-state index contributed by atoms with van der Waals surface area (Å²) in [5.41, 5.74) is 9.23. The van der Waals surface area contributed by atoms with Gasteiger partial charge in [-0.2, -0.15) is 0 Å². The van der Waals surface area contributed by atoms with E-state index in [9.17, 15) is 0 Å². The standard InChI is InChI=1S/C16H24N4/c1-19(2)9-10-20-15(17)18-12-16(20)8-7-13-5-3-4-6-14(13)11-16/h3-6H,7-12H2,1-2H3,(H2,17,18). The highest BCUT2D eigenvalue weighted by Crippen LogP contribution is 2.36. The van der Waals surface area contributed by atoms with Gasteiger partial charge in [-0.1, -0.05) is 24.3 Å². The summed E-state index contributed by atoms with van der Waals surface area (Å²) in [5.74, 6) is 0.728. The maximum Gasteiger partial charge on any atom is 0.191 e. The second kappa shape index (κ2) is 5.09. The molecule has 20 heavy (non-hydrogen) atoms. The zero-order valence-electron chi connectivity index (χ0n) is 12.5. The summed E-state index contributed by atoms with van der Waals surface area (Å²) in [4.78, 5) is 9.10. The van der Waals surface area contributed by atoms with Gasteiger partial charge in [-0.15, -0.1) is 0 Å². The lowest BCUT2D eigenvalue weighted by molar-refractivity contribution is 0.164. The highest BCUT2D eigenvalue weighted by atomic mass is 15.4. The fraction of sp³-hybridized carbons (Fsp3) is 0.562. The van der Waals surface area contributed by atoms with Crippen LogP contribution in [-0.2, 0) is 12.8 Å². The van der Waals surface area contributed by atoms with E-state index in [2.05, 4.69) is 53.2 Å². The molecule has 1 aromatic rings. The molecular weight excluding hydrogens is 248 g/mol. The summed E-state index contributed by atoms with van der Waals surface area (Å²) in [5, 5.41) is 0. The molecule has 0 aromatic heterocycles. The van der Waals surface area contributed by atoms with Crippen LogP contribution in [-0.4, -0.2) is 55.0 Å². The number of aliphatic imine (C=N–C) groups is 1. The molecule has 1 unspecified atom stereocenters. The average molecular weight is 272 g/mol. The Bertz CT molecular complexity index is 523. The third-order valence-electron chi connectivity index (χ3n) is 4.65. The minimum Gasteiger partial charge on any atom is -0.370 e. The molecule has 1 heterocycles. The average Bonchev–Trinajstić information content (AvgIpc) is 2.73. The van der Waals surface area contributed by atoms with Crippen LogP contribution < -0.4 is 5.73 Å². The summed E-state index contributed by atoms with van der Waals surface area (Å²) in [6.45, 7) is 2.82. The summed E-state index contributed by atoms with van der Waals surface area (Å²) in [6, 6.07) is 8.79. The smallest absolute Gasteiger partial charge is 0.191 e. The SMILES string of the molecule is CN(C)CCN1C(N)=NCC12CCc1ccccc1C2. The number of fused-ring (bicyclic) bond motifs is 1. The van der Waals surface area contributed by atoms with Crippen molar-refractivity contribution >= 4 is 5.96 Å². The van der Waals surface area contributed by atoms with Crippen molar-refractivity contribution in [3.8, 4) is 0 Å². The summed E-state index contributed by atoms with van der Waals surface area (Å²) >= 11 is 0.